The molecule has 0 saturated carbocycles. The number of rotatable bonds is 8. The van der Waals surface area contributed by atoms with Crippen LogP contribution in [0.5, 0.6) is 0 Å². The number of benzene rings is 3. The average Bonchev–Trinajstić information content (AvgIpc) is 2.87. The van der Waals surface area contributed by atoms with E-state index in [9.17, 15) is 18.0 Å². The first kappa shape index (κ1) is 26.3. The Kier molecular flexibility index (Phi) is 7.61. The van der Waals surface area contributed by atoms with Gasteiger partial charge in [-0.2, -0.15) is 4.31 Å². The second-order valence-electron chi connectivity index (χ2n) is 9.20. The molecule has 1 heterocycles. The number of carbonyl (C=O) groups excluding carboxylic acids is 1. The molecule has 192 valence electrons. The lowest BCUT2D eigenvalue weighted by atomic mass is 10.0. The first-order valence-electron chi connectivity index (χ1n) is 12.0. The summed E-state index contributed by atoms with van der Waals surface area (Å²) in [5.74, 6) is -0.548. The number of nitrogens with zero attached hydrogens (tertiary/aromatic N) is 1. The molecule has 0 saturated heterocycles. The van der Waals surface area contributed by atoms with E-state index in [0.29, 0.717) is 12.0 Å². The summed E-state index contributed by atoms with van der Waals surface area (Å²) in [6.45, 7) is 5.98. The molecule has 0 fully saturated rings. The Hall–Kier alpha value is -3.75. The molecule has 0 amide bonds. The Balaban J connectivity index is 1.74. The van der Waals surface area contributed by atoms with E-state index in [-0.39, 0.29) is 29.1 Å². The maximum absolute atomic E-state index is 13.8. The zero-order chi connectivity index (χ0) is 26.7. The number of methoxy groups -OCH3 is 1. The van der Waals surface area contributed by atoms with Gasteiger partial charge in [0.1, 0.15) is 0 Å². The van der Waals surface area contributed by atoms with E-state index in [1.165, 1.54) is 35.7 Å². The van der Waals surface area contributed by atoms with Crippen molar-refractivity contribution in [1.29, 1.82) is 0 Å². The van der Waals surface area contributed by atoms with E-state index >= 15 is 0 Å². The quantitative estimate of drug-likeness (QED) is 0.342. The number of sulfonamides is 1. The maximum atomic E-state index is 13.8. The van der Waals surface area contributed by atoms with Crippen molar-refractivity contribution in [1.82, 2.24) is 9.29 Å². The van der Waals surface area contributed by atoms with Crippen molar-refractivity contribution in [3.05, 3.63) is 110 Å². The highest BCUT2D eigenvalue weighted by atomic mass is 32.2. The first-order chi connectivity index (χ1) is 17.6. The second kappa shape index (κ2) is 10.7. The van der Waals surface area contributed by atoms with Gasteiger partial charge in [-0.3, -0.25) is 4.79 Å². The fourth-order valence-corrected chi connectivity index (χ4v) is 5.91. The fraction of sp³-hybridized carbons (Fsp3) is 0.241. The number of pyridine rings is 1. The van der Waals surface area contributed by atoms with Crippen molar-refractivity contribution in [2.45, 2.75) is 38.6 Å². The molecule has 4 rings (SSSR count). The van der Waals surface area contributed by atoms with E-state index in [2.05, 4.69) is 4.98 Å². The van der Waals surface area contributed by atoms with Gasteiger partial charge in [0.05, 0.1) is 23.1 Å². The van der Waals surface area contributed by atoms with Crippen molar-refractivity contribution < 1.29 is 17.9 Å². The van der Waals surface area contributed by atoms with Gasteiger partial charge in [0.15, 0.2) is 0 Å². The van der Waals surface area contributed by atoms with Crippen LogP contribution in [0.1, 0.15) is 38.2 Å². The molecule has 0 aliphatic heterocycles. The Bertz CT molecular complexity index is 1620. The molecule has 3 aromatic carbocycles. The average molecular weight is 519 g/mol. The predicted octanol–water partition coefficient (Wildman–Crippen LogP) is 4.67. The van der Waals surface area contributed by atoms with Gasteiger partial charge in [-0.15, -0.1) is 0 Å². The molecule has 0 spiro atoms. The zero-order valence-corrected chi connectivity index (χ0v) is 22.2. The summed E-state index contributed by atoms with van der Waals surface area (Å²) in [6.07, 6.45) is 0.482. The van der Waals surface area contributed by atoms with Gasteiger partial charge in [0, 0.05) is 18.7 Å². The molecule has 0 unspecified atom stereocenters. The summed E-state index contributed by atoms with van der Waals surface area (Å²) < 4.78 is 33.6. The largest absolute Gasteiger partial charge is 0.465 e. The number of carbonyl (C=O) groups is 1. The molecular weight excluding hydrogens is 488 g/mol. The van der Waals surface area contributed by atoms with Crippen LogP contribution in [0.25, 0.3) is 10.9 Å². The zero-order valence-electron chi connectivity index (χ0n) is 21.4. The van der Waals surface area contributed by atoms with Crippen molar-refractivity contribution >= 4 is 26.9 Å². The number of hydrogen-bond acceptors (Lipinski definition) is 5. The molecule has 0 bridgehead atoms. The monoisotopic (exact) mass is 518 g/mol. The van der Waals surface area contributed by atoms with Crippen LogP contribution in [0.15, 0.2) is 76.4 Å². The van der Waals surface area contributed by atoms with E-state index in [1.807, 2.05) is 57.2 Å². The minimum atomic E-state index is -3.99. The van der Waals surface area contributed by atoms with Crippen LogP contribution in [-0.4, -0.2) is 37.3 Å². The molecule has 0 radical (unpaired) electrons. The minimum Gasteiger partial charge on any atom is -0.465 e. The second-order valence-corrected chi connectivity index (χ2v) is 11.1. The number of esters is 1. The predicted molar refractivity (Wildman–Crippen MR) is 144 cm³/mol. The molecule has 0 aliphatic rings. The van der Waals surface area contributed by atoms with Gasteiger partial charge >= 0.3 is 5.97 Å². The SMILES string of the molecule is COC(=O)c1ccc(S(=O)(=O)N(CCc2ccccc2C)Cc2cc3cc(C)cc(C)c3[nH]c2=O)cc1. The summed E-state index contributed by atoms with van der Waals surface area (Å²) in [5, 5.41) is 0.853. The maximum Gasteiger partial charge on any atom is 0.337 e. The number of aromatic amines is 1. The molecule has 8 heteroatoms. The Morgan fingerprint density at radius 1 is 0.919 bits per heavy atom. The number of ether oxygens (including phenoxy) is 1. The molecule has 1 N–H and O–H groups in total. The third-order valence-electron chi connectivity index (χ3n) is 6.52. The third-order valence-corrected chi connectivity index (χ3v) is 8.38. The summed E-state index contributed by atoms with van der Waals surface area (Å²) in [6, 6.07) is 19.2. The minimum absolute atomic E-state index is 0.0360. The standard InChI is InChI=1S/C29H30N2O5S/c1-19-15-21(3)27-24(16-19)17-25(28(32)30-27)18-31(14-13-22-8-6-5-7-20(22)2)37(34,35)26-11-9-23(10-12-26)29(33)36-4/h5-12,15-17H,13-14,18H2,1-4H3,(H,30,32). The number of nitrogens with one attached hydrogen (secondary N) is 1. The van der Waals surface area contributed by atoms with Crippen molar-refractivity contribution in [2.24, 2.45) is 0 Å². The van der Waals surface area contributed by atoms with Crippen LogP contribution >= 0.6 is 0 Å². The highest BCUT2D eigenvalue weighted by Gasteiger charge is 2.26. The topological polar surface area (TPSA) is 96.5 Å². The van der Waals surface area contributed by atoms with E-state index in [0.717, 1.165) is 33.2 Å². The molecule has 1 aromatic heterocycles. The van der Waals surface area contributed by atoms with Crippen molar-refractivity contribution in [3.63, 3.8) is 0 Å². The van der Waals surface area contributed by atoms with E-state index in [1.54, 1.807) is 6.07 Å². The van der Waals surface area contributed by atoms with Gasteiger partial charge in [-0.1, -0.05) is 35.9 Å². The first-order valence-corrected chi connectivity index (χ1v) is 13.4. The van der Waals surface area contributed by atoms with Crippen molar-refractivity contribution in [2.75, 3.05) is 13.7 Å². The summed E-state index contributed by atoms with van der Waals surface area (Å²) in [7, 11) is -2.72. The van der Waals surface area contributed by atoms with Gasteiger partial charge in [0.2, 0.25) is 10.0 Å². The molecule has 0 aliphatic carbocycles. The lowest BCUT2D eigenvalue weighted by Crippen LogP contribution is -2.34. The van der Waals surface area contributed by atoms with E-state index < -0.39 is 16.0 Å². The molecule has 0 atom stereocenters. The van der Waals surface area contributed by atoms with Gasteiger partial charge in [0.25, 0.3) is 5.56 Å². The van der Waals surface area contributed by atoms with E-state index in [4.69, 9.17) is 4.74 Å². The van der Waals surface area contributed by atoms with Crippen LogP contribution in [0.4, 0.5) is 0 Å². The highest BCUT2D eigenvalue weighted by Crippen LogP contribution is 2.23. The highest BCUT2D eigenvalue weighted by molar-refractivity contribution is 7.89. The number of fused-ring (bicyclic) bond motifs is 1. The van der Waals surface area contributed by atoms with Crippen molar-refractivity contribution in [3.8, 4) is 0 Å². The number of aromatic nitrogens is 1. The number of H-pyrrole nitrogens is 1. The normalized spacial score (nSPS) is 11.7. The molecular formula is C29H30N2O5S. The van der Waals surface area contributed by atoms with Crippen LogP contribution in [0.3, 0.4) is 0 Å². The lowest BCUT2D eigenvalue weighted by molar-refractivity contribution is 0.0600. The van der Waals surface area contributed by atoms with Crippen LogP contribution < -0.4 is 5.56 Å². The molecule has 37 heavy (non-hydrogen) atoms. The molecule has 7 nitrogen and oxygen atoms in total. The van der Waals surface area contributed by atoms with Crippen LogP contribution in [-0.2, 0) is 27.7 Å². The van der Waals surface area contributed by atoms with Gasteiger partial charge in [-0.25, -0.2) is 13.2 Å². The van der Waals surface area contributed by atoms with Crippen LogP contribution in [0.2, 0.25) is 0 Å². The third kappa shape index (κ3) is 5.65. The van der Waals surface area contributed by atoms with Crippen LogP contribution in [0, 0.1) is 20.8 Å². The summed E-state index contributed by atoms with van der Waals surface area (Å²) in [4.78, 5) is 27.8. The fourth-order valence-electron chi connectivity index (χ4n) is 4.49. The Morgan fingerprint density at radius 3 is 2.30 bits per heavy atom. The number of aryl methyl sites for hydroxylation is 3. The smallest absolute Gasteiger partial charge is 0.337 e. The Labute approximate surface area is 216 Å². The number of hydrogen-bond donors (Lipinski definition) is 1. The molecule has 4 aromatic rings. The van der Waals surface area contributed by atoms with Gasteiger partial charge < -0.3 is 9.72 Å². The lowest BCUT2D eigenvalue weighted by Gasteiger charge is -2.23. The Morgan fingerprint density at radius 2 is 1.62 bits per heavy atom. The summed E-state index contributed by atoms with van der Waals surface area (Å²) >= 11 is 0. The van der Waals surface area contributed by atoms with Gasteiger partial charge in [-0.05, 0) is 85.7 Å². The summed E-state index contributed by atoms with van der Waals surface area (Å²) in [5.41, 5.74) is 5.13.